The molecule has 9 nitrogen and oxygen atoms in total. The largest absolute Gasteiger partial charge is 0.440 e. The predicted molar refractivity (Wildman–Crippen MR) is 99.7 cm³/mol. The maximum atomic E-state index is 13.6. The highest BCUT2D eigenvalue weighted by molar-refractivity contribution is 6.11. The van der Waals surface area contributed by atoms with E-state index in [0.717, 1.165) is 12.5 Å². The van der Waals surface area contributed by atoms with E-state index in [1.165, 1.54) is 9.80 Å². The molecule has 1 aromatic carbocycles. The van der Waals surface area contributed by atoms with Crippen molar-refractivity contribution in [3.8, 4) is 0 Å². The number of aliphatic hydroxyl groups is 2. The van der Waals surface area contributed by atoms with Crippen LogP contribution in [-0.2, 0) is 35.9 Å². The van der Waals surface area contributed by atoms with E-state index in [4.69, 9.17) is 9.47 Å². The van der Waals surface area contributed by atoms with Gasteiger partial charge in [-0.3, -0.25) is 14.5 Å². The molecular formula is C21H22N2O7. The van der Waals surface area contributed by atoms with E-state index in [1.807, 2.05) is 12.1 Å². The van der Waals surface area contributed by atoms with Gasteiger partial charge in [0.1, 0.15) is 0 Å². The highest BCUT2D eigenvalue weighted by Crippen LogP contribution is 2.70. The molecule has 2 N–H and O–H groups in total. The van der Waals surface area contributed by atoms with Crippen LogP contribution < -0.4 is 4.90 Å². The number of esters is 1. The molecule has 30 heavy (non-hydrogen) atoms. The van der Waals surface area contributed by atoms with Gasteiger partial charge in [0.25, 0.3) is 17.5 Å². The van der Waals surface area contributed by atoms with Crippen LogP contribution in [0.3, 0.4) is 0 Å². The third kappa shape index (κ3) is 1.52. The summed E-state index contributed by atoms with van der Waals surface area (Å²) in [6, 6.07) is 5.56. The third-order valence-corrected chi connectivity index (χ3v) is 7.87. The molecule has 2 spiro atoms. The smallest absolute Gasteiger partial charge is 0.362 e. The van der Waals surface area contributed by atoms with E-state index in [2.05, 4.69) is 0 Å². The Morgan fingerprint density at radius 2 is 1.87 bits per heavy atom. The number of amides is 2. The van der Waals surface area contributed by atoms with E-state index < -0.39 is 52.5 Å². The van der Waals surface area contributed by atoms with Gasteiger partial charge in [-0.2, -0.15) is 0 Å². The zero-order valence-electron chi connectivity index (χ0n) is 17.0. The van der Waals surface area contributed by atoms with Gasteiger partial charge in [0.05, 0.1) is 11.6 Å². The second-order valence-corrected chi connectivity index (χ2v) is 9.67. The van der Waals surface area contributed by atoms with Gasteiger partial charge in [-0.1, -0.05) is 12.1 Å². The fourth-order valence-corrected chi connectivity index (χ4v) is 6.71. The topological polar surface area (TPSA) is 117 Å². The number of ether oxygens (including phenoxy) is 2. The SMILES string of the molecule is CN1C(=O)[C@]23OC(=O)[C@]45O[C@](C)(O)[C@H](O)C(=O)N4C(C)(C)[C@H](Cc4cccc1c42)[C@@H]53. The Kier molecular flexibility index (Phi) is 2.87. The first-order chi connectivity index (χ1) is 13.9. The number of anilines is 1. The molecule has 0 unspecified atom stereocenters. The summed E-state index contributed by atoms with van der Waals surface area (Å²) in [7, 11) is 1.63. The van der Waals surface area contributed by atoms with Crippen LogP contribution in [0.15, 0.2) is 18.2 Å². The van der Waals surface area contributed by atoms with Crippen LogP contribution in [0.1, 0.15) is 31.9 Å². The van der Waals surface area contributed by atoms with Crippen molar-refractivity contribution in [1.82, 2.24) is 4.90 Å². The molecule has 1 aromatic rings. The number of carbonyl (C=O) groups excluding carboxylic acids is 3. The van der Waals surface area contributed by atoms with E-state index in [-0.39, 0.29) is 5.92 Å². The van der Waals surface area contributed by atoms with Gasteiger partial charge < -0.3 is 24.6 Å². The molecule has 2 amide bonds. The Labute approximate surface area is 172 Å². The molecule has 4 heterocycles. The number of benzene rings is 1. The average Bonchev–Trinajstić information content (AvgIpc) is 3.13. The van der Waals surface area contributed by atoms with Crippen molar-refractivity contribution in [1.29, 1.82) is 0 Å². The lowest BCUT2D eigenvalue weighted by Crippen LogP contribution is -2.73. The molecule has 5 aliphatic rings. The monoisotopic (exact) mass is 414 g/mol. The summed E-state index contributed by atoms with van der Waals surface area (Å²) in [5.74, 6) is -5.66. The number of aliphatic hydroxyl groups excluding tert-OH is 1. The molecule has 3 fully saturated rings. The molecule has 0 radical (unpaired) electrons. The maximum absolute atomic E-state index is 13.6. The van der Waals surface area contributed by atoms with E-state index in [9.17, 15) is 24.6 Å². The first kappa shape index (κ1) is 18.3. The molecule has 0 bridgehead atoms. The summed E-state index contributed by atoms with van der Waals surface area (Å²) in [6.45, 7) is 4.74. The molecule has 6 atom stereocenters. The molecular weight excluding hydrogens is 392 g/mol. The minimum absolute atomic E-state index is 0.382. The molecule has 0 saturated carbocycles. The molecule has 9 heteroatoms. The molecule has 158 valence electrons. The minimum atomic E-state index is -2.31. The van der Waals surface area contributed by atoms with Gasteiger partial charge in [0.2, 0.25) is 11.4 Å². The summed E-state index contributed by atoms with van der Waals surface area (Å²) in [5.41, 5.74) is -2.41. The lowest BCUT2D eigenvalue weighted by Gasteiger charge is -2.50. The van der Waals surface area contributed by atoms with Crippen molar-refractivity contribution in [2.24, 2.45) is 11.8 Å². The fourth-order valence-electron chi connectivity index (χ4n) is 6.71. The normalized spacial score (nSPS) is 44.7. The van der Waals surface area contributed by atoms with Crippen LogP contribution in [0.4, 0.5) is 5.69 Å². The summed E-state index contributed by atoms with van der Waals surface area (Å²) >= 11 is 0. The van der Waals surface area contributed by atoms with Crippen LogP contribution in [0.2, 0.25) is 0 Å². The first-order valence-corrected chi connectivity index (χ1v) is 10.0. The highest BCUT2D eigenvalue weighted by atomic mass is 16.7. The second-order valence-electron chi connectivity index (χ2n) is 9.67. The Morgan fingerprint density at radius 3 is 2.57 bits per heavy atom. The summed E-state index contributed by atoms with van der Waals surface area (Å²) < 4.78 is 11.8. The van der Waals surface area contributed by atoms with Gasteiger partial charge in [-0.25, -0.2) is 4.79 Å². The highest BCUT2D eigenvalue weighted by Gasteiger charge is 2.87. The molecule has 0 aromatic heterocycles. The number of carbonyl (C=O) groups is 3. The van der Waals surface area contributed by atoms with Gasteiger partial charge in [-0.15, -0.1) is 0 Å². The van der Waals surface area contributed by atoms with Crippen molar-refractivity contribution < 1.29 is 34.1 Å². The Hall–Kier alpha value is -2.49. The third-order valence-electron chi connectivity index (χ3n) is 7.87. The van der Waals surface area contributed by atoms with Crippen molar-refractivity contribution in [2.45, 2.75) is 55.9 Å². The number of nitrogens with zero attached hydrogens (tertiary/aromatic N) is 2. The van der Waals surface area contributed by atoms with Gasteiger partial charge in [0, 0.05) is 18.2 Å². The molecule has 1 aliphatic carbocycles. The number of rotatable bonds is 0. The van der Waals surface area contributed by atoms with Crippen LogP contribution in [0.5, 0.6) is 0 Å². The fraction of sp³-hybridized carbons (Fsp3) is 0.571. The van der Waals surface area contributed by atoms with Crippen molar-refractivity contribution in [3.63, 3.8) is 0 Å². The van der Waals surface area contributed by atoms with Crippen LogP contribution in [0, 0.1) is 11.8 Å². The number of likely N-dealkylation sites (N-methyl/N-ethyl adjacent to an activating group) is 1. The van der Waals surface area contributed by atoms with E-state index >= 15 is 0 Å². The Balaban J connectivity index is 1.71. The zero-order chi connectivity index (χ0) is 21.6. The van der Waals surface area contributed by atoms with E-state index in [0.29, 0.717) is 17.7 Å². The van der Waals surface area contributed by atoms with Gasteiger partial charge in [-0.05, 0) is 44.7 Å². The molecule has 4 aliphatic heterocycles. The Bertz CT molecular complexity index is 1080. The van der Waals surface area contributed by atoms with Crippen molar-refractivity contribution in [3.05, 3.63) is 29.3 Å². The van der Waals surface area contributed by atoms with Crippen molar-refractivity contribution >= 4 is 23.5 Å². The number of hydrogen-bond donors (Lipinski definition) is 2. The zero-order valence-corrected chi connectivity index (χ0v) is 17.0. The van der Waals surface area contributed by atoms with Gasteiger partial charge >= 0.3 is 5.97 Å². The Morgan fingerprint density at radius 1 is 1.17 bits per heavy atom. The average molecular weight is 414 g/mol. The molecule has 6 rings (SSSR count). The lowest BCUT2D eigenvalue weighted by molar-refractivity contribution is -0.338. The second kappa shape index (κ2) is 4.71. The van der Waals surface area contributed by atoms with Crippen LogP contribution in [-0.4, -0.2) is 63.1 Å². The first-order valence-electron chi connectivity index (χ1n) is 10.0. The summed E-state index contributed by atoms with van der Waals surface area (Å²) in [6.07, 6.45) is -1.38. The van der Waals surface area contributed by atoms with Crippen LogP contribution in [0.25, 0.3) is 0 Å². The quantitative estimate of drug-likeness (QED) is 0.556. The standard InChI is InChI=1S/C21H22N2O7/c1-18(2)10-8-9-6-5-7-11-12(9)20(16(26)22(11)4)13(10)21(17(27)29-20)23(18)15(25)14(24)19(3,28)30-21/h5-7,10,13-14,24,28H,8H2,1-4H3/t10-,13-,14-,19+,20+,21+/m1/s1. The predicted octanol–water partition coefficient (Wildman–Crippen LogP) is -0.380. The minimum Gasteiger partial charge on any atom is -0.440 e. The summed E-state index contributed by atoms with van der Waals surface area (Å²) in [4.78, 5) is 43.1. The van der Waals surface area contributed by atoms with Gasteiger partial charge in [0.15, 0.2) is 6.10 Å². The number of hydrogen-bond acceptors (Lipinski definition) is 7. The van der Waals surface area contributed by atoms with E-state index in [1.54, 1.807) is 27.0 Å². The van der Waals surface area contributed by atoms with Crippen LogP contribution >= 0.6 is 0 Å². The van der Waals surface area contributed by atoms with Crippen molar-refractivity contribution in [2.75, 3.05) is 11.9 Å². The lowest BCUT2D eigenvalue weighted by atomic mass is 9.62. The maximum Gasteiger partial charge on any atom is 0.362 e. The molecule has 3 saturated heterocycles. The summed E-state index contributed by atoms with van der Waals surface area (Å²) in [5, 5.41) is 21.1.